The molecule has 0 aromatic carbocycles. The standard InChI is InChI=1S/C11H15F5O2/c1-10(12,13)9(11(14,15)16)18-8(17)7-5-3-2-4-6-7/h7,9H,2-6H2,1H3. The highest BCUT2D eigenvalue weighted by atomic mass is 19.4. The van der Waals surface area contributed by atoms with Crippen LogP contribution in [0.3, 0.4) is 0 Å². The molecular weight excluding hydrogens is 259 g/mol. The highest BCUT2D eigenvalue weighted by Gasteiger charge is 2.56. The van der Waals surface area contributed by atoms with E-state index in [2.05, 4.69) is 4.74 Å². The predicted octanol–water partition coefficient (Wildman–Crippen LogP) is 3.70. The van der Waals surface area contributed by atoms with Crippen molar-refractivity contribution < 1.29 is 31.5 Å². The molecule has 1 fully saturated rings. The fourth-order valence-corrected chi connectivity index (χ4v) is 2.01. The molecule has 0 N–H and O–H groups in total. The van der Waals surface area contributed by atoms with Crippen molar-refractivity contribution in [3.8, 4) is 0 Å². The van der Waals surface area contributed by atoms with Gasteiger partial charge in [0.1, 0.15) is 0 Å². The van der Waals surface area contributed by atoms with Gasteiger partial charge in [0.15, 0.2) is 0 Å². The SMILES string of the molecule is CC(F)(F)C(OC(=O)C1CCCCC1)C(F)(F)F. The van der Waals surface area contributed by atoms with E-state index >= 15 is 0 Å². The number of ether oxygens (including phenoxy) is 1. The van der Waals surface area contributed by atoms with E-state index in [0.717, 1.165) is 6.42 Å². The molecule has 0 amide bonds. The Labute approximate surface area is 101 Å². The van der Waals surface area contributed by atoms with Crippen molar-refractivity contribution in [2.24, 2.45) is 5.92 Å². The molecule has 2 nitrogen and oxygen atoms in total. The molecule has 106 valence electrons. The van der Waals surface area contributed by atoms with Crippen molar-refractivity contribution >= 4 is 5.97 Å². The number of alkyl halides is 5. The molecule has 1 saturated carbocycles. The number of carbonyl (C=O) groups is 1. The Bertz CT molecular complexity index is 275. The third-order valence-electron chi connectivity index (χ3n) is 2.93. The van der Waals surface area contributed by atoms with Crippen LogP contribution in [0, 0.1) is 5.92 Å². The molecule has 0 aliphatic heterocycles. The second kappa shape index (κ2) is 5.40. The summed E-state index contributed by atoms with van der Waals surface area (Å²) in [6.45, 7) is 0.0965. The average molecular weight is 274 g/mol. The summed E-state index contributed by atoms with van der Waals surface area (Å²) in [4.78, 5) is 11.4. The Balaban J connectivity index is 2.69. The molecule has 0 saturated heterocycles. The third-order valence-corrected chi connectivity index (χ3v) is 2.93. The third kappa shape index (κ3) is 4.10. The number of rotatable bonds is 3. The lowest BCUT2D eigenvalue weighted by molar-refractivity contribution is -0.274. The molecule has 0 aromatic heterocycles. The van der Waals surface area contributed by atoms with Gasteiger partial charge in [-0.25, -0.2) is 8.78 Å². The fourth-order valence-electron chi connectivity index (χ4n) is 2.01. The van der Waals surface area contributed by atoms with Gasteiger partial charge in [-0.15, -0.1) is 0 Å². The van der Waals surface area contributed by atoms with E-state index in [1.165, 1.54) is 0 Å². The molecule has 0 heterocycles. The molecule has 1 aliphatic carbocycles. The first-order valence-corrected chi connectivity index (χ1v) is 5.77. The van der Waals surface area contributed by atoms with Crippen molar-refractivity contribution in [1.29, 1.82) is 0 Å². The summed E-state index contributed by atoms with van der Waals surface area (Å²) in [5.74, 6) is -5.99. The number of esters is 1. The monoisotopic (exact) mass is 274 g/mol. The van der Waals surface area contributed by atoms with Crippen LogP contribution in [0.25, 0.3) is 0 Å². The number of hydrogen-bond acceptors (Lipinski definition) is 2. The van der Waals surface area contributed by atoms with Crippen molar-refractivity contribution in [3.63, 3.8) is 0 Å². The molecule has 1 aliphatic rings. The van der Waals surface area contributed by atoms with Gasteiger partial charge in [-0.3, -0.25) is 4.79 Å². The zero-order valence-electron chi connectivity index (χ0n) is 9.90. The van der Waals surface area contributed by atoms with Gasteiger partial charge in [0.05, 0.1) is 5.92 Å². The summed E-state index contributed by atoms with van der Waals surface area (Å²) in [6.07, 6.45) is -5.51. The van der Waals surface area contributed by atoms with E-state index in [1.54, 1.807) is 0 Å². The number of hydrogen-bond donors (Lipinski definition) is 0. The van der Waals surface area contributed by atoms with Gasteiger partial charge in [-0.2, -0.15) is 13.2 Å². The van der Waals surface area contributed by atoms with Crippen molar-refractivity contribution in [1.82, 2.24) is 0 Å². The van der Waals surface area contributed by atoms with Crippen LogP contribution >= 0.6 is 0 Å². The first-order valence-electron chi connectivity index (χ1n) is 5.77. The van der Waals surface area contributed by atoms with E-state index in [4.69, 9.17) is 0 Å². The van der Waals surface area contributed by atoms with Gasteiger partial charge in [-0.05, 0) is 12.8 Å². The Morgan fingerprint density at radius 3 is 2.00 bits per heavy atom. The minimum absolute atomic E-state index is 0.0965. The lowest BCUT2D eigenvalue weighted by atomic mass is 9.89. The summed E-state index contributed by atoms with van der Waals surface area (Å²) in [7, 11) is 0. The van der Waals surface area contributed by atoms with Crippen molar-refractivity contribution in [2.45, 2.75) is 57.2 Å². The Morgan fingerprint density at radius 1 is 1.11 bits per heavy atom. The molecule has 18 heavy (non-hydrogen) atoms. The first kappa shape index (κ1) is 15.2. The second-order valence-electron chi connectivity index (χ2n) is 4.65. The number of carbonyl (C=O) groups excluding carboxylic acids is 1. The smallest absolute Gasteiger partial charge is 0.431 e. The number of halogens is 5. The predicted molar refractivity (Wildman–Crippen MR) is 53.1 cm³/mol. The van der Waals surface area contributed by atoms with Gasteiger partial charge in [0, 0.05) is 6.92 Å². The molecule has 7 heteroatoms. The normalized spacial score (nSPS) is 20.6. The Kier molecular flexibility index (Phi) is 4.55. The van der Waals surface area contributed by atoms with Gasteiger partial charge < -0.3 is 4.74 Å². The van der Waals surface area contributed by atoms with Crippen LogP contribution in [0.2, 0.25) is 0 Å². The van der Waals surface area contributed by atoms with Crippen molar-refractivity contribution in [2.75, 3.05) is 0 Å². The molecule has 0 aromatic rings. The van der Waals surface area contributed by atoms with Crippen LogP contribution in [0.1, 0.15) is 39.0 Å². The van der Waals surface area contributed by atoms with Gasteiger partial charge in [-0.1, -0.05) is 19.3 Å². The maximum Gasteiger partial charge on any atom is 0.431 e. The van der Waals surface area contributed by atoms with Crippen LogP contribution < -0.4 is 0 Å². The highest BCUT2D eigenvalue weighted by molar-refractivity contribution is 5.72. The van der Waals surface area contributed by atoms with E-state index in [1.807, 2.05) is 0 Å². The van der Waals surface area contributed by atoms with Crippen molar-refractivity contribution in [3.05, 3.63) is 0 Å². The molecule has 1 unspecified atom stereocenters. The lowest BCUT2D eigenvalue weighted by Crippen LogP contribution is -2.47. The summed E-state index contributed by atoms with van der Waals surface area (Å²) in [5, 5.41) is 0. The Morgan fingerprint density at radius 2 is 1.61 bits per heavy atom. The minimum atomic E-state index is -5.26. The van der Waals surface area contributed by atoms with Crippen LogP contribution in [-0.2, 0) is 9.53 Å². The largest absolute Gasteiger partial charge is 0.446 e. The summed E-state index contributed by atoms with van der Waals surface area (Å²) >= 11 is 0. The molecule has 0 bridgehead atoms. The van der Waals surface area contributed by atoms with Crippen LogP contribution in [0.4, 0.5) is 22.0 Å². The lowest BCUT2D eigenvalue weighted by Gasteiger charge is -2.28. The molecule has 1 rings (SSSR count). The quantitative estimate of drug-likeness (QED) is 0.579. The maximum absolute atomic E-state index is 12.8. The topological polar surface area (TPSA) is 26.3 Å². The molecule has 0 spiro atoms. The van der Waals surface area contributed by atoms with Gasteiger partial charge >= 0.3 is 12.1 Å². The maximum atomic E-state index is 12.8. The zero-order valence-corrected chi connectivity index (χ0v) is 9.90. The molecular formula is C11H15F5O2. The second-order valence-corrected chi connectivity index (χ2v) is 4.65. The summed E-state index contributed by atoms with van der Waals surface area (Å²) in [5.41, 5.74) is 0. The van der Waals surface area contributed by atoms with Crippen LogP contribution in [0.5, 0.6) is 0 Å². The molecule has 0 radical (unpaired) electrons. The summed E-state index contributed by atoms with van der Waals surface area (Å²) < 4.78 is 66.8. The molecule has 1 atom stereocenters. The van der Waals surface area contributed by atoms with Crippen LogP contribution in [-0.4, -0.2) is 24.2 Å². The average Bonchev–Trinajstić information content (AvgIpc) is 2.23. The Hall–Kier alpha value is -0.880. The van der Waals surface area contributed by atoms with Crippen LogP contribution in [0.15, 0.2) is 0 Å². The highest BCUT2D eigenvalue weighted by Crippen LogP contribution is 2.36. The summed E-state index contributed by atoms with van der Waals surface area (Å²) in [6, 6.07) is 0. The minimum Gasteiger partial charge on any atom is -0.446 e. The van der Waals surface area contributed by atoms with E-state index in [0.29, 0.717) is 25.7 Å². The first-order chi connectivity index (χ1) is 8.12. The van der Waals surface area contributed by atoms with Gasteiger partial charge in [0.2, 0.25) is 0 Å². The van der Waals surface area contributed by atoms with E-state index < -0.39 is 30.1 Å². The van der Waals surface area contributed by atoms with E-state index in [-0.39, 0.29) is 6.92 Å². The van der Waals surface area contributed by atoms with Gasteiger partial charge in [0.25, 0.3) is 12.0 Å². The fraction of sp³-hybridized carbons (Fsp3) is 0.909. The van der Waals surface area contributed by atoms with E-state index in [9.17, 15) is 26.7 Å². The zero-order chi connectivity index (χ0) is 14.0.